The van der Waals surface area contributed by atoms with Gasteiger partial charge in [0.15, 0.2) is 0 Å². The largest absolute Gasteiger partial charge is 0.496 e. The number of benzene rings is 2. The Bertz CT molecular complexity index is 699. The first-order valence-electron chi connectivity index (χ1n) is 6.93. The summed E-state index contributed by atoms with van der Waals surface area (Å²) in [4.78, 5) is 0. The van der Waals surface area contributed by atoms with Gasteiger partial charge in [-0.15, -0.1) is 0 Å². The molecule has 0 saturated carbocycles. The van der Waals surface area contributed by atoms with Crippen LogP contribution in [0.25, 0.3) is 11.1 Å². The lowest BCUT2D eigenvalue weighted by Gasteiger charge is -2.22. The highest BCUT2D eigenvalue weighted by Gasteiger charge is 2.20. The van der Waals surface area contributed by atoms with Crippen LogP contribution < -0.4 is 0 Å². The Morgan fingerprint density at radius 1 is 0.952 bits per heavy atom. The summed E-state index contributed by atoms with van der Waals surface area (Å²) in [5, 5.41) is 0.745. The lowest BCUT2D eigenvalue weighted by atomic mass is 9.87. The zero-order valence-electron chi connectivity index (χ0n) is 11.8. The van der Waals surface area contributed by atoms with Crippen LogP contribution in [0.2, 0.25) is 5.02 Å². The van der Waals surface area contributed by atoms with E-state index in [4.69, 9.17) is 16.3 Å². The van der Waals surface area contributed by atoms with Crippen LogP contribution in [0.5, 0.6) is 0 Å². The number of ether oxygens (including phenoxy) is 1. The van der Waals surface area contributed by atoms with Gasteiger partial charge >= 0.3 is 0 Å². The highest BCUT2D eigenvalue weighted by atomic mass is 35.5. The first-order valence-corrected chi connectivity index (χ1v) is 7.31. The number of rotatable bonds is 3. The minimum absolute atomic E-state index is 0.745. The van der Waals surface area contributed by atoms with E-state index in [1.54, 1.807) is 7.11 Å². The molecule has 0 saturated heterocycles. The summed E-state index contributed by atoms with van der Waals surface area (Å²) in [6.07, 6.45) is 5.19. The van der Waals surface area contributed by atoms with E-state index in [0.29, 0.717) is 0 Å². The summed E-state index contributed by atoms with van der Waals surface area (Å²) in [6.45, 7) is 0. The Morgan fingerprint density at radius 2 is 1.71 bits per heavy atom. The van der Waals surface area contributed by atoms with Gasteiger partial charge in [0.05, 0.1) is 7.11 Å². The van der Waals surface area contributed by atoms with Crippen molar-refractivity contribution in [1.29, 1.82) is 0 Å². The minimum atomic E-state index is 0.745. The SMILES string of the molecule is COC1=CC[CH]C(c2cccc(Cl)c2)=C1c1ccccc1. The predicted molar refractivity (Wildman–Crippen MR) is 88.7 cm³/mol. The molecule has 1 aliphatic rings. The maximum atomic E-state index is 6.15. The molecule has 2 heteroatoms. The van der Waals surface area contributed by atoms with E-state index in [1.165, 1.54) is 5.57 Å². The van der Waals surface area contributed by atoms with E-state index in [-0.39, 0.29) is 0 Å². The monoisotopic (exact) mass is 295 g/mol. The summed E-state index contributed by atoms with van der Waals surface area (Å²) >= 11 is 6.15. The molecule has 0 spiro atoms. The maximum absolute atomic E-state index is 6.15. The van der Waals surface area contributed by atoms with Crippen molar-refractivity contribution in [3.05, 3.63) is 89.0 Å². The number of hydrogen-bond donors (Lipinski definition) is 0. The van der Waals surface area contributed by atoms with Crippen LogP contribution in [0.4, 0.5) is 0 Å². The molecule has 0 unspecified atom stereocenters. The molecule has 0 amide bonds. The van der Waals surface area contributed by atoms with Crippen LogP contribution in [0, 0.1) is 6.42 Å². The lowest BCUT2D eigenvalue weighted by molar-refractivity contribution is 0.309. The highest BCUT2D eigenvalue weighted by molar-refractivity contribution is 6.30. The molecule has 0 fully saturated rings. The van der Waals surface area contributed by atoms with Crippen LogP contribution >= 0.6 is 11.6 Å². The molecule has 1 radical (unpaired) electrons. The molecule has 105 valence electrons. The Balaban J connectivity index is 2.20. The van der Waals surface area contributed by atoms with Gasteiger partial charge in [-0.25, -0.2) is 0 Å². The average molecular weight is 296 g/mol. The summed E-state index contributed by atoms with van der Waals surface area (Å²) in [7, 11) is 1.72. The van der Waals surface area contributed by atoms with Crippen LogP contribution in [-0.2, 0) is 4.74 Å². The Hall–Kier alpha value is -1.99. The predicted octanol–water partition coefficient (Wildman–Crippen LogP) is 5.39. The maximum Gasteiger partial charge on any atom is 0.123 e. The third-order valence-corrected chi connectivity index (χ3v) is 3.79. The fraction of sp³-hybridized carbons (Fsp3) is 0.105. The molecule has 21 heavy (non-hydrogen) atoms. The standard InChI is InChI=1S/C19H16ClO/c1-21-18-12-6-11-17(15-9-5-10-16(20)13-15)19(18)14-7-3-2-4-8-14/h2-5,7-13H,6H2,1H3. The van der Waals surface area contributed by atoms with Crippen LogP contribution in [0.3, 0.4) is 0 Å². The fourth-order valence-corrected chi connectivity index (χ4v) is 2.82. The molecular weight excluding hydrogens is 280 g/mol. The van der Waals surface area contributed by atoms with Crippen molar-refractivity contribution < 1.29 is 4.74 Å². The smallest absolute Gasteiger partial charge is 0.123 e. The minimum Gasteiger partial charge on any atom is -0.496 e. The van der Waals surface area contributed by atoms with E-state index in [0.717, 1.165) is 33.9 Å². The van der Waals surface area contributed by atoms with Crippen molar-refractivity contribution >= 4 is 22.7 Å². The quantitative estimate of drug-likeness (QED) is 0.738. The van der Waals surface area contributed by atoms with Gasteiger partial charge in [0.25, 0.3) is 0 Å². The number of methoxy groups -OCH3 is 1. The van der Waals surface area contributed by atoms with Gasteiger partial charge in [0.2, 0.25) is 0 Å². The Kier molecular flexibility index (Phi) is 4.12. The van der Waals surface area contributed by atoms with Gasteiger partial charge in [-0.05, 0) is 47.8 Å². The normalized spacial score (nSPS) is 14.9. The highest BCUT2D eigenvalue weighted by Crippen LogP contribution is 2.38. The van der Waals surface area contributed by atoms with E-state index in [2.05, 4.69) is 30.7 Å². The van der Waals surface area contributed by atoms with Crippen molar-refractivity contribution in [3.8, 4) is 0 Å². The lowest BCUT2D eigenvalue weighted by Crippen LogP contribution is -2.03. The molecule has 0 aliphatic heterocycles. The van der Waals surface area contributed by atoms with Crippen molar-refractivity contribution in [3.63, 3.8) is 0 Å². The summed E-state index contributed by atoms with van der Waals surface area (Å²) < 4.78 is 5.59. The third-order valence-electron chi connectivity index (χ3n) is 3.56. The second kappa shape index (κ2) is 6.19. The van der Waals surface area contributed by atoms with E-state index in [9.17, 15) is 0 Å². The first kappa shape index (κ1) is 14.0. The van der Waals surface area contributed by atoms with Crippen LogP contribution in [-0.4, -0.2) is 7.11 Å². The fourth-order valence-electron chi connectivity index (χ4n) is 2.63. The molecule has 3 rings (SSSR count). The van der Waals surface area contributed by atoms with E-state index in [1.807, 2.05) is 36.4 Å². The molecule has 0 N–H and O–H groups in total. The molecule has 0 atom stereocenters. The zero-order chi connectivity index (χ0) is 14.7. The molecule has 0 aromatic heterocycles. The van der Waals surface area contributed by atoms with Gasteiger partial charge < -0.3 is 4.74 Å². The second-order valence-electron chi connectivity index (χ2n) is 4.88. The van der Waals surface area contributed by atoms with Crippen molar-refractivity contribution in [1.82, 2.24) is 0 Å². The van der Waals surface area contributed by atoms with Crippen molar-refractivity contribution in [2.75, 3.05) is 7.11 Å². The van der Waals surface area contributed by atoms with Gasteiger partial charge in [-0.3, -0.25) is 0 Å². The Labute approximate surface area is 130 Å². The molecule has 1 nitrogen and oxygen atoms in total. The van der Waals surface area contributed by atoms with Crippen molar-refractivity contribution in [2.45, 2.75) is 6.42 Å². The molecular formula is C19H16ClO. The topological polar surface area (TPSA) is 9.23 Å². The molecule has 2 aromatic carbocycles. The number of allylic oxidation sites excluding steroid dienone is 3. The zero-order valence-corrected chi connectivity index (χ0v) is 12.6. The molecule has 2 aromatic rings. The summed E-state index contributed by atoms with van der Waals surface area (Å²) in [5.41, 5.74) is 4.55. The summed E-state index contributed by atoms with van der Waals surface area (Å²) in [6, 6.07) is 18.3. The third kappa shape index (κ3) is 2.88. The number of halogens is 1. The van der Waals surface area contributed by atoms with Crippen molar-refractivity contribution in [2.24, 2.45) is 0 Å². The summed E-state index contributed by atoms with van der Waals surface area (Å²) in [5.74, 6) is 0.915. The average Bonchev–Trinajstić information content (AvgIpc) is 2.55. The second-order valence-corrected chi connectivity index (χ2v) is 5.31. The molecule has 0 bridgehead atoms. The van der Waals surface area contributed by atoms with Gasteiger partial charge in [0, 0.05) is 10.6 Å². The molecule has 0 heterocycles. The van der Waals surface area contributed by atoms with E-state index < -0.39 is 0 Å². The van der Waals surface area contributed by atoms with Gasteiger partial charge in [-0.2, -0.15) is 0 Å². The van der Waals surface area contributed by atoms with Gasteiger partial charge in [0.1, 0.15) is 5.76 Å². The molecule has 1 aliphatic carbocycles. The number of hydrogen-bond acceptors (Lipinski definition) is 1. The van der Waals surface area contributed by atoms with E-state index >= 15 is 0 Å². The van der Waals surface area contributed by atoms with Crippen LogP contribution in [0.15, 0.2) is 66.4 Å². The van der Waals surface area contributed by atoms with Crippen LogP contribution in [0.1, 0.15) is 17.5 Å². The Morgan fingerprint density at radius 3 is 2.43 bits per heavy atom. The first-order chi connectivity index (χ1) is 10.3. The van der Waals surface area contributed by atoms with Gasteiger partial charge in [-0.1, -0.05) is 54.1 Å².